The summed E-state index contributed by atoms with van der Waals surface area (Å²) in [7, 11) is 0. The standard InChI is InChI=1S/C15H13N3O3S2/c1-2-17-14(19)13-12(6-7-22-13)16-15(17)23-9-10-4-3-5-11(8-10)18(20)21/h3-8H,2,9H2,1H3. The summed E-state index contributed by atoms with van der Waals surface area (Å²) in [6, 6.07) is 8.34. The van der Waals surface area contributed by atoms with Crippen molar-refractivity contribution in [2.45, 2.75) is 24.4 Å². The van der Waals surface area contributed by atoms with Crippen molar-refractivity contribution in [2.24, 2.45) is 0 Å². The Kier molecular flexibility index (Phi) is 4.44. The van der Waals surface area contributed by atoms with Crippen LogP contribution in [-0.2, 0) is 12.3 Å². The normalized spacial score (nSPS) is 11.0. The van der Waals surface area contributed by atoms with Crippen LogP contribution in [0.4, 0.5) is 5.69 Å². The molecule has 6 nitrogen and oxygen atoms in total. The zero-order valence-corrected chi connectivity index (χ0v) is 13.9. The van der Waals surface area contributed by atoms with Crippen molar-refractivity contribution in [2.75, 3.05) is 0 Å². The van der Waals surface area contributed by atoms with Gasteiger partial charge in [0.15, 0.2) is 5.16 Å². The summed E-state index contributed by atoms with van der Waals surface area (Å²) in [6.07, 6.45) is 0. The summed E-state index contributed by atoms with van der Waals surface area (Å²) in [5.74, 6) is 0.518. The molecule has 0 saturated carbocycles. The molecule has 3 aromatic rings. The number of thioether (sulfide) groups is 1. The largest absolute Gasteiger partial charge is 0.287 e. The smallest absolute Gasteiger partial charge is 0.272 e. The number of rotatable bonds is 5. The van der Waals surface area contributed by atoms with Gasteiger partial charge in [-0.05, 0) is 23.9 Å². The van der Waals surface area contributed by atoms with Crippen LogP contribution >= 0.6 is 23.1 Å². The van der Waals surface area contributed by atoms with E-state index in [4.69, 9.17) is 0 Å². The first-order chi connectivity index (χ1) is 11.1. The van der Waals surface area contributed by atoms with Gasteiger partial charge in [-0.25, -0.2) is 4.98 Å². The van der Waals surface area contributed by atoms with Crippen molar-refractivity contribution in [3.63, 3.8) is 0 Å². The highest BCUT2D eigenvalue weighted by Gasteiger charge is 2.12. The summed E-state index contributed by atoms with van der Waals surface area (Å²) in [4.78, 5) is 27.4. The molecule has 0 unspecified atom stereocenters. The predicted molar refractivity (Wildman–Crippen MR) is 92.2 cm³/mol. The Balaban J connectivity index is 1.91. The molecule has 0 saturated heterocycles. The second kappa shape index (κ2) is 6.51. The van der Waals surface area contributed by atoms with Crippen molar-refractivity contribution < 1.29 is 4.92 Å². The van der Waals surface area contributed by atoms with Crippen molar-refractivity contribution in [3.8, 4) is 0 Å². The van der Waals surface area contributed by atoms with Gasteiger partial charge in [0.05, 0.1) is 10.4 Å². The molecule has 1 aromatic carbocycles. The van der Waals surface area contributed by atoms with Crippen molar-refractivity contribution in [1.82, 2.24) is 9.55 Å². The first kappa shape index (κ1) is 15.7. The summed E-state index contributed by atoms with van der Waals surface area (Å²) >= 11 is 2.80. The molecule has 0 spiro atoms. The number of hydrogen-bond donors (Lipinski definition) is 0. The van der Waals surface area contributed by atoms with Gasteiger partial charge < -0.3 is 0 Å². The van der Waals surface area contributed by atoms with Crippen molar-refractivity contribution >= 4 is 39.0 Å². The Morgan fingerprint density at radius 3 is 2.96 bits per heavy atom. The van der Waals surface area contributed by atoms with E-state index in [1.807, 2.05) is 24.4 Å². The Bertz CT molecular complexity index is 933. The van der Waals surface area contributed by atoms with E-state index in [0.29, 0.717) is 27.7 Å². The van der Waals surface area contributed by atoms with E-state index in [1.54, 1.807) is 16.7 Å². The summed E-state index contributed by atoms with van der Waals surface area (Å²) < 4.78 is 2.30. The predicted octanol–water partition coefficient (Wildman–Crippen LogP) is 3.68. The molecule has 0 fully saturated rings. The molecule has 0 bridgehead atoms. The lowest BCUT2D eigenvalue weighted by atomic mass is 10.2. The van der Waals surface area contributed by atoms with Crippen molar-refractivity contribution in [1.29, 1.82) is 0 Å². The second-order valence-corrected chi connectivity index (χ2v) is 6.65. The van der Waals surface area contributed by atoms with E-state index in [0.717, 1.165) is 5.56 Å². The minimum atomic E-state index is -0.411. The molecule has 0 radical (unpaired) electrons. The summed E-state index contributed by atoms with van der Waals surface area (Å²) in [5.41, 5.74) is 1.56. The molecule has 0 N–H and O–H groups in total. The summed E-state index contributed by atoms with van der Waals surface area (Å²) in [5, 5.41) is 13.3. The monoisotopic (exact) mass is 347 g/mol. The topological polar surface area (TPSA) is 78.0 Å². The highest BCUT2D eigenvalue weighted by molar-refractivity contribution is 7.98. The number of nitro groups is 1. The van der Waals surface area contributed by atoms with E-state index in [2.05, 4.69) is 4.98 Å². The van der Waals surface area contributed by atoms with Gasteiger partial charge in [0.2, 0.25) is 0 Å². The Morgan fingerprint density at radius 1 is 1.39 bits per heavy atom. The average molecular weight is 347 g/mol. The maximum atomic E-state index is 12.4. The maximum absolute atomic E-state index is 12.4. The van der Waals surface area contributed by atoms with Gasteiger partial charge in [-0.3, -0.25) is 19.5 Å². The Hall–Kier alpha value is -2.19. The van der Waals surface area contributed by atoms with Crippen LogP contribution in [0.5, 0.6) is 0 Å². The minimum absolute atomic E-state index is 0.0333. The zero-order valence-electron chi connectivity index (χ0n) is 12.3. The maximum Gasteiger partial charge on any atom is 0.272 e. The third kappa shape index (κ3) is 3.13. The number of non-ortho nitro benzene ring substituents is 1. The SMILES string of the molecule is CCn1c(SCc2cccc([N+](=O)[O-])c2)nc2ccsc2c1=O. The van der Waals surface area contributed by atoms with Crippen LogP contribution in [0, 0.1) is 10.1 Å². The van der Waals surface area contributed by atoms with Gasteiger partial charge in [-0.2, -0.15) is 0 Å². The van der Waals surface area contributed by atoms with E-state index in [-0.39, 0.29) is 11.2 Å². The van der Waals surface area contributed by atoms with Gasteiger partial charge in [0, 0.05) is 24.4 Å². The number of fused-ring (bicyclic) bond motifs is 1. The molecule has 0 aliphatic rings. The molecule has 118 valence electrons. The third-order valence-corrected chi connectivity index (χ3v) is 5.28. The quantitative estimate of drug-likeness (QED) is 0.304. The molecular formula is C15H13N3O3S2. The molecule has 3 rings (SSSR count). The van der Waals surface area contributed by atoms with Crippen molar-refractivity contribution in [3.05, 3.63) is 61.7 Å². The molecular weight excluding hydrogens is 334 g/mol. The fourth-order valence-electron chi connectivity index (χ4n) is 2.22. The molecule has 0 aliphatic heterocycles. The molecule has 0 aliphatic carbocycles. The molecule has 2 aromatic heterocycles. The zero-order chi connectivity index (χ0) is 16.4. The van der Waals surface area contributed by atoms with Crippen LogP contribution < -0.4 is 5.56 Å². The van der Waals surface area contributed by atoms with E-state index in [1.165, 1.54) is 29.2 Å². The first-order valence-corrected chi connectivity index (χ1v) is 8.81. The third-order valence-electron chi connectivity index (χ3n) is 3.34. The van der Waals surface area contributed by atoms with E-state index >= 15 is 0 Å². The van der Waals surface area contributed by atoms with Crippen LogP contribution in [-0.4, -0.2) is 14.5 Å². The number of hydrogen-bond acceptors (Lipinski definition) is 6. The Labute approximate surface area is 139 Å². The fraction of sp³-hybridized carbons (Fsp3) is 0.200. The number of nitro benzene ring substituents is 1. The minimum Gasteiger partial charge on any atom is -0.287 e. The molecule has 23 heavy (non-hydrogen) atoms. The average Bonchev–Trinajstić information content (AvgIpc) is 3.02. The van der Waals surface area contributed by atoms with Crippen LogP contribution in [0.1, 0.15) is 12.5 Å². The lowest BCUT2D eigenvalue weighted by molar-refractivity contribution is -0.384. The van der Waals surface area contributed by atoms with Gasteiger partial charge in [0.1, 0.15) is 4.70 Å². The first-order valence-electron chi connectivity index (χ1n) is 6.94. The molecule has 8 heteroatoms. The van der Waals surface area contributed by atoms with Crippen LogP contribution in [0.3, 0.4) is 0 Å². The van der Waals surface area contributed by atoms with Gasteiger partial charge in [-0.1, -0.05) is 23.9 Å². The number of thiophene rings is 1. The number of aromatic nitrogens is 2. The lowest BCUT2D eigenvalue weighted by Gasteiger charge is -2.09. The Morgan fingerprint density at radius 2 is 2.22 bits per heavy atom. The van der Waals surface area contributed by atoms with Crippen LogP contribution in [0.25, 0.3) is 10.2 Å². The van der Waals surface area contributed by atoms with Gasteiger partial charge >= 0.3 is 0 Å². The number of nitrogens with zero attached hydrogens (tertiary/aromatic N) is 3. The summed E-state index contributed by atoms with van der Waals surface area (Å²) in [6.45, 7) is 2.44. The highest BCUT2D eigenvalue weighted by atomic mass is 32.2. The fourth-order valence-corrected chi connectivity index (χ4v) is 4.00. The second-order valence-electron chi connectivity index (χ2n) is 4.79. The van der Waals surface area contributed by atoms with Gasteiger partial charge in [-0.15, -0.1) is 11.3 Å². The van der Waals surface area contributed by atoms with Crippen LogP contribution in [0.15, 0.2) is 45.7 Å². The van der Waals surface area contributed by atoms with Gasteiger partial charge in [0.25, 0.3) is 11.2 Å². The highest BCUT2D eigenvalue weighted by Crippen LogP contribution is 2.25. The molecule has 0 atom stereocenters. The van der Waals surface area contributed by atoms with E-state index < -0.39 is 4.92 Å². The molecule has 0 amide bonds. The van der Waals surface area contributed by atoms with E-state index in [9.17, 15) is 14.9 Å². The molecule has 2 heterocycles. The van der Waals surface area contributed by atoms with Crippen LogP contribution in [0.2, 0.25) is 0 Å². The lowest BCUT2D eigenvalue weighted by Crippen LogP contribution is -2.21. The number of benzene rings is 1.